The van der Waals surface area contributed by atoms with E-state index in [4.69, 9.17) is 5.73 Å². The average molecular weight is 348 g/mol. The Labute approximate surface area is 148 Å². The quantitative estimate of drug-likeness (QED) is 0.365. The van der Waals surface area contributed by atoms with Crippen LogP contribution in [0.3, 0.4) is 0 Å². The predicted molar refractivity (Wildman–Crippen MR) is 110 cm³/mol. The monoisotopic (exact) mass is 347 g/mol. The van der Waals surface area contributed by atoms with Gasteiger partial charge in [0.15, 0.2) is 0 Å². The van der Waals surface area contributed by atoms with Crippen molar-refractivity contribution in [2.75, 3.05) is 7.05 Å². The second kappa shape index (κ2) is 8.83. The van der Waals surface area contributed by atoms with Gasteiger partial charge in [-0.05, 0) is 31.7 Å². The lowest BCUT2D eigenvalue weighted by molar-refractivity contribution is 0.414. The zero-order valence-electron chi connectivity index (χ0n) is 16.7. The van der Waals surface area contributed by atoms with Gasteiger partial charge >= 0.3 is 0 Å². The summed E-state index contributed by atoms with van der Waals surface area (Å²) in [5, 5.41) is 0.201. The fourth-order valence-electron chi connectivity index (χ4n) is 1.23. The Hall–Kier alpha value is -1.87. The zero-order chi connectivity index (χ0) is 19.1. The molecule has 0 aliphatic rings. The van der Waals surface area contributed by atoms with Crippen LogP contribution >= 0.6 is 0 Å². The van der Waals surface area contributed by atoms with E-state index in [1.54, 1.807) is 6.34 Å². The summed E-state index contributed by atoms with van der Waals surface area (Å²) in [6.45, 7) is 20.7. The highest BCUT2D eigenvalue weighted by atomic mass is 28.3. The van der Waals surface area contributed by atoms with E-state index >= 15 is 0 Å². The minimum atomic E-state index is -1.71. The molecule has 0 heterocycles. The zero-order valence-corrected chi connectivity index (χ0v) is 17.7. The molecule has 0 radical (unpaired) electrons. The summed E-state index contributed by atoms with van der Waals surface area (Å²) in [5.41, 5.74) is 9.84. The number of nitrogens with zero attached hydrogens (tertiary/aromatic N) is 4. The van der Waals surface area contributed by atoms with Gasteiger partial charge in [0, 0.05) is 12.8 Å². The third-order valence-corrected chi connectivity index (χ3v) is 8.50. The average Bonchev–Trinajstić information content (AvgIpc) is 2.40. The van der Waals surface area contributed by atoms with Gasteiger partial charge < -0.3 is 10.6 Å². The standard InChI is InChI=1S/C18H33N5Si/c1-14(2)21-17(11-12-24(9,10)18(5,6)7)22-16(4)23(8)13-20-15(3)19/h13,16H,3,19H2,1-2,4-10H3. The summed E-state index contributed by atoms with van der Waals surface area (Å²) in [6, 6.07) is 0. The van der Waals surface area contributed by atoms with Crippen molar-refractivity contribution in [2.24, 2.45) is 20.7 Å². The highest BCUT2D eigenvalue weighted by Gasteiger charge is 2.33. The fraction of sp³-hybridized carbons (Fsp3) is 0.611. The third kappa shape index (κ3) is 8.11. The molecule has 0 aromatic heterocycles. The molecule has 0 amide bonds. The van der Waals surface area contributed by atoms with E-state index in [1.165, 1.54) is 0 Å². The number of hydrogen-bond acceptors (Lipinski definition) is 3. The third-order valence-electron chi connectivity index (χ3n) is 4.00. The van der Waals surface area contributed by atoms with Crippen molar-refractivity contribution in [1.82, 2.24) is 4.90 Å². The van der Waals surface area contributed by atoms with E-state index in [1.807, 2.05) is 32.7 Å². The van der Waals surface area contributed by atoms with Crippen molar-refractivity contribution >= 4 is 26.0 Å². The van der Waals surface area contributed by atoms with Crippen LogP contribution in [-0.4, -0.2) is 44.1 Å². The Morgan fingerprint density at radius 2 is 1.83 bits per heavy atom. The fourth-order valence-corrected chi connectivity index (χ4v) is 2.03. The summed E-state index contributed by atoms with van der Waals surface area (Å²) >= 11 is 0. The van der Waals surface area contributed by atoms with Gasteiger partial charge in [-0.1, -0.05) is 40.4 Å². The maximum atomic E-state index is 5.45. The summed E-state index contributed by atoms with van der Waals surface area (Å²) in [4.78, 5) is 14.9. The normalized spacial score (nSPS) is 14.0. The van der Waals surface area contributed by atoms with Crippen LogP contribution in [0.4, 0.5) is 0 Å². The van der Waals surface area contributed by atoms with Gasteiger partial charge in [0.25, 0.3) is 0 Å². The summed E-state index contributed by atoms with van der Waals surface area (Å²) in [5.74, 6) is 4.03. The molecule has 5 nitrogen and oxygen atoms in total. The molecule has 0 saturated heterocycles. The highest BCUT2D eigenvalue weighted by Crippen LogP contribution is 2.35. The van der Waals surface area contributed by atoms with Crippen LogP contribution in [-0.2, 0) is 0 Å². The Morgan fingerprint density at radius 3 is 2.25 bits per heavy atom. The maximum Gasteiger partial charge on any atom is 0.201 e. The molecule has 0 aliphatic heterocycles. The summed E-state index contributed by atoms with van der Waals surface area (Å²) in [6.07, 6.45) is 1.46. The van der Waals surface area contributed by atoms with Crippen LogP contribution in [0.1, 0.15) is 41.5 Å². The van der Waals surface area contributed by atoms with E-state index < -0.39 is 8.07 Å². The van der Waals surface area contributed by atoms with Crippen molar-refractivity contribution in [1.29, 1.82) is 0 Å². The van der Waals surface area contributed by atoms with Gasteiger partial charge in [0.1, 0.15) is 20.1 Å². The number of rotatable bonds is 4. The molecule has 0 fully saturated rings. The highest BCUT2D eigenvalue weighted by molar-refractivity contribution is 6.87. The first-order chi connectivity index (χ1) is 10.8. The second-order valence-corrected chi connectivity index (χ2v) is 12.7. The van der Waals surface area contributed by atoms with Crippen molar-refractivity contribution < 1.29 is 0 Å². The van der Waals surface area contributed by atoms with Crippen molar-refractivity contribution in [3.05, 3.63) is 12.4 Å². The molecule has 0 aromatic carbocycles. The van der Waals surface area contributed by atoms with E-state index in [9.17, 15) is 0 Å². The van der Waals surface area contributed by atoms with Gasteiger partial charge in [-0.25, -0.2) is 15.0 Å². The molecule has 0 spiro atoms. The first-order valence-electron chi connectivity index (χ1n) is 8.09. The Balaban J connectivity index is 5.59. The van der Waals surface area contributed by atoms with Crippen LogP contribution < -0.4 is 5.73 Å². The smallest absolute Gasteiger partial charge is 0.201 e. The number of aliphatic imine (C=N–C) groups is 3. The van der Waals surface area contributed by atoms with E-state index in [2.05, 4.69) is 66.9 Å². The molecule has 0 bridgehead atoms. The lowest BCUT2D eigenvalue weighted by Gasteiger charge is -2.31. The topological polar surface area (TPSA) is 66.3 Å². The Kier molecular flexibility index (Phi) is 8.14. The molecule has 0 aromatic rings. The van der Waals surface area contributed by atoms with Crippen molar-refractivity contribution in [3.63, 3.8) is 0 Å². The van der Waals surface area contributed by atoms with Gasteiger partial charge in [-0.3, -0.25) is 0 Å². The lowest BCUT2D eigenvalue weighted by atomic mass is 10.2. The van der Waals surface area contributed by atoms with Crippen molar-refractivity contribution in [3.8, 4) is 11.5 Å². The van der Waals surface area contributed by atoms with Crippen LogP contribution in [0.5, 0.6) is 0 Å². The predicted octanol–water partition coefficient (Wildman–Crippen LogP) is 3.65. The molecule has 1 atom stereocenters. The van der Waals surface area contributed by atoms with Crippen LogP contribution in [0, 0.1) is 11.5 Å². The van der Waals surface area contributed by atoms with Crippen LogP contribution in [0.25, 0.3) is 0 Å². The van der Waals surface area contributed by atoms with E-state index in [0.717, 1.165) is 5.71 Å². The number of nitrogens with two attached hydrogens (primary N) is 1. The molecule has 2 N–H and O–H groups in total. The Bertz CT molecular complexity index is 593. The van der Waals surface area contributed by atoms with Gasteiger partial charge in [0.05, 0.1) is 6.34 Å². The number of amidine groups is 1. The second-order valence-electron chi connectivity index (χ2n) is 7.67. The molecule has 0 aliphatic carbocycles. The van der Waals surface area contributed by atoms with Gasteiger partial charge in [0.2, 0.25) is 5.84 Å². The molecule has 1 unspecified atom stereocenters. The largest absolute Gasteiger partial charge is 0.384 e. The first-order valence-corrected chi connectivity index (χ1v) is 11.1. The SMILES string of the molecule is C=C(N)N=CN(C)C(C)N=C(C#C[Si](C)(C)C(C)(C)C)N=C(C)C. The molecule has 134 valence electrons. The molecule has 0 rings (SSSR count). The van der Waals surface area contributed by atoms with Gasteiger partial charge in [-0.15, -0.1) is 5.54 Å². The minimum absolute atomic E-state index is 0.153. The first kappa shape index (κ1) is 22.1. The maximum absolute atomic E-state index is 5.45. The van der Waals surface area contributed by atoms with Crippen molar-refractivity contribution in [2.45, 2.75) is 65.8 Å². The summed E-state index contributed by atoms with van der Waals surface area (Å²) < 4.78 is 0. The molecular formula is C18H33N5Si. The summed E-state index contributed by atoms with van der Waals surface area (Å²) in [7, 11) is 0.171. The molecular weight excluding hydrogens is 314 g/mol. The number of hydrogen-bond donors (Lipinski definition) is 1. The molecule has 6 heteroatoms. The van der Waals surface area contributed by atoms with E-state index in [0.29, 0.717) is 5.84 Å². The van der Waals surface area contributed by atoms with E-state index in [-0.39, 0.29) is 17.0 Å². The van der Waals surface area contributed by atoms with Crippen LogP contribution in [0.2, 0.25) is 18.1 Å². The van der Waals surface area contributed by atoms with Gasteiger partial charge in [-0.2, -0.15) is 0 Å². The molecule has 0 saturated carbocycles. The van der Waals surface area contributed by atoms with Crippen LogP contribution in [0.15, 0.2) is 27.4 Å². The lowest BCUT2D eigenvalue weighted by Crippen LogP contribution is -2.35. The minimum Gasteiger partial charge on any atom is -0.384 e. The molecule has 24 heavy (non-hydrogen) atoms. The Morgan fingerprint density at radius 1 is 1.29 bits per heavy atom.